The van der Waals surface area contributed by atoms with Crippen LogP contribution in [-0.2, 0) is 4.79 Å². The normalized spacial score (nSPS) is 29.7. The van der Waals surface area contributed by atoms with E-state index in [1.807, 2.05) is 5.01 Å². The van der Waals surface area contributed by atoms with Crippen LogP contribution in [0.5, 0.6) is 0 Å². The van der Waals surface area contributed by atoms with Gasteiger partial charge in [-0.05, 0) is 12.8 Å². The SMILES string of the molecule is O=C1CCCC1CN1CN=CN1. The molecule has 12 heavy (non-hydrogen) atoms. The number of rotatable bonds is 2. The highest BCUT2D eigenvalue weighted by Crippen LogP contribution is 2.21. The van der Waals surface area contributed by atoms with Crippen molar-refractivity contribution in [1.82, 2.24) is 10.4 Å². The lowest BCUT2D eigenvalue weighted by atomic mass is 10.1. The maximum atomic E-state index is 11.3. The molecule has 1 unspecified atom stereocenters. The van der Waals surface area contributed by atoms with Crippen LogP contribution < -0.4 is 5.43 Å². The Morgan fingerprint density at radius 2 is 2.67 bits per heavy atom. The second-order valence-corrected chi connectivity index (χ2v) is 3.36. The first-order valence-corrected chi connectivity index (χ1v) is 4.38. The van der Waals surface area contributed by atoms with E-state index >= 15 is 0 Å². The lowest BCUT2D eigenvalue weighted by Gasteiger charge is -2.17. The number of hydrazine groups is 1. The van der Waals surface area contributed by atoms with Crippen LogP contribution in [0.25, 0.3) is 0 Å². The van der Waals surface area contributed by atoms with Crippen molar-refractivity contribution in [3.05, 3.63) is 0 Å². The third kappa shape index (κ3) is 1.48. The number of carbonyl (C=O) groups excluding carboxylic acids is 1. The van der Waals surface area contributed by atoms with Gasteiger partial charge in [0.2, 0.25) is 0 Å². The number of carbonyl (C=O) groups is 1. The Morgan fingerprint density at radius 1 is 1.75 bits per heavy atom. The standard InChI is InChI=1S/C8H13N3O/c12-8-3-1-2-7(8)4-11-6-9-5-10-11/h5,7H,1-4,6H2,(H,9,10). The summed E-state index contributed by atoms with van der Waals surface area (Å²) in [6.45, 7) is 1.50. The fourth-order valence-corrected chi connectivity index (χ4v) is 1.76. The van der Waals surface area contributed by atoms with E-state index < -0.39 is 0 Å². The molecular weight excluding hydrogens is 154 g/mol. The van der Waals surface area contributed by atoms with Crippen molar-refractivity contribution in [3.63, 3.8) is 0 Å². The first-order valence-electron chi connectivity index (χ1n) is 4.38. The van der Waals surface area contributed by atoms with Crippen molar-refractivity contribution >= 4 is 12.1 Å². The fraction of sp³-hybridized carbons (Fsp3) is 0.750. The summed E-state index contributed by atoms with van der Waals surface area (Å²) in [6, 6.07) is 0. The maximum absolute atomic E-state index is 11.3. The zero-order valence-electron chi connectivity index (χ0n) is 6.99. The van der Waals surface area contributed by atoms with E-state index in [-0.39, 0.29) is 5.92 Å². The summed E-state index contributed by atoms with van der Waals surface area (Å²) in [6.07, 6.45) is 4.58. The maximum Gasteiger partial charge on any atom is 0.137 e. The van der Waals surface area contributed by atoms with Crippen LogP contribution in [-0.4, -0.2) is 30.3 Å². The zero-order valence-corrected chi connectivity index (χ0v) is 6.99. The average molecular weight is 167 g/mol. The van der Waals surface area contributed by atoms with Crippen molar-refractivity contribution < 1.29 is 4.79 Å². The van der Waals surface area contributed by atoms with Gasteiger partial charge in [-0.3, -0.25) is 9.79 Å². The van der Waals surface area contributed by atoms with Crippen LogP contribution in [0.1, 0.15) is 19.3 Å². The molecule has 2 rings (SSSR count). The van der Waals surface area contributed by atoms with Crippen LogP contribution in [0, 0.1) is 5.92 Å². The van der Waals surface area contributed by atoms with E-state index in [1.54, 1.807) is 6.34 Å². The Hall–Kier alpha value is -0.900. The molecule has 2 aliphatic rings. The molecule has 66 valence electrons. The quantitative estimate of drug-likeness (QED) is 0.637. The van der Waals surface area contributed by atoms with E-state index in [4.69, 9.17) is 0 Å². The summed E-state index contributed by atoms with van der Waals surface area (Å²) < 4.78 is 0. The van der Waals surface area contributed by atoms with Crippen molar-refractivity contribution in [2.24, 2.45) is 10.9 Å². The molecule has 0 aromatic heterocycles. The molecule has 0 saturated heterocycles. The van der Waals surface area contributed by atoms with Crippen LogP contribution in [0.15, 0.2) is 4.99 Å². The second kappa shape index (κ2) is 3.23. The second-order valence-electron chi connectivity index (χ2n) is 3.36. The predicted octanol–water partition coefficient (Wildman–Crippen LogP) is 0.162. The highest BCUT2D eigenvalue weighted by atomic mass is 16.1. The third-order valence-electron chi connectivity index (χ3n) is 2.46. The van der Waals surface area contributed by atoms with Gasteiger partial charge in [-0.25, -0.2) is 5.01 Å². The van der Waals surface area contributed by atoms with Gasteiger partial charge in [0.1, 0.15) is 12.5 Å². The molecule has 1 heterocycles. The molecule has 0 spiro atoms. The molecular formula is C8H13N3O. The smallest absolute Gasteiger partial charge is 0.137 e. The van der Waals surface area contributed by atoms with E-state index in [9.17, 15) is 4.79 Å². The lowest BCUT2D eigenvalue weighted by molar-refractivity contribution is -0.121. The summed E-state index contributed by atoms with van der Waals surface area (Å²) in [5.74, 6) is 0.669. The largest absolute Gasteiger partial charge is 0.308 e. The predicted molar refractivity (Wildman–Crippen MR) is 45.5 cm³/mol. The Kier molecular flexibility index (Phi) is 2.08. The molecule has 1 fully saturated rings. The van der Waals surface area contributed by atoms with Crippen molar-refractivity contribution in [2.75, 3.05) is 13.2 Å². The van der Waals surface area contributed by atoms with Gasteiger partial charge in [-0.2, -0.15) is 0 Å². The molecule has 0 bridgehead atoms. The van der Waals surface area contributed by atoms with E-state index in [2.05, 4.69) is 10.4 Å². The molecule has 1 aliphatic carbocycles. The van der Waals surface area contributed by atoms with Crippen LogP contribution in [0.3, 0.4) is 0 Å². The topological polar surface area (TPSA) is 44.7 Å². The van der Waals surface area contributed by atoms with Crippen LogP contribution in [0.2, 0.25) is 0 Å². The number of aliphatic imine (C=N–C) groups is 1. The molecule has 1 aliphatic heterocycles. The van der Waals surface area contributed by atoms with Crippen LogP contribution in [0.4, 0.5) is 0 Å². The number of hydrogen-bond donors (Lipinski definition) is 1. The number of ketones is 1. The van der Waals surface area contributed by atoms with Crippen molar-refractivity contribution in [2.45, 2.75) is 19.3 Å². The molecule has 0 aromatic carbocycles. The third-order valence-corrected chi connectivity index (χ3v) is 2.46. The van der Waals surface area contributed by atoms with Gasteiger partial charge in [0.15, 0.2) is 0 Å². The Balaban J connectivity index is 1.82. The lowest BCUT2D eigenvalue weighted by Crippen LogP contribution is -2.37. The highest BCUT2D eigenvalue weighted by Gasteiger charge is 2.26. The molecule has 1 N–H and O–H groups in total. The Morgan fingerprint density at radius 3 is 3.25 bits per heavy atom. The highest BCUT2D eigenvalue weighted by molar-refractivity contribution is 5.83. The Bertz CT molecular complexity index is 206. The zero-order chi connectivity index (χ0) is 8.39. The van der Waals surface area contributed by atoms with Crippen molar-refractivity contribution in [3.8, 4) is 0 Å². The minimum atomic E-state index is 0.249. The van der Waals surface area contributed by atoms with Gasteiger partial charge in [0, 0.05) is 18.9 Å². The number of nitrogens with one attached hydrogen (secondary N) is 1. The monoisotopic (exact) mass is 167 g/mol. The van der Waals surface area contributed by atoms with Gasteiger partial charge in [0.25, 0.3) is 0 Å². The fourth-order valence-electron chi connectivity index (χ4n) is 1.76. The minimum Gasteiger partial charge on any atom is -0.308 e. The Labute approximate surface area is 71.6 Å². The number of hydrogen-bond acceptors (Lipinski definition) is 4. The van der Waals surface area contributed by atoms with Gasteiger partial charge < -0.3 is 5.43 Å². The molecule has 1 saturated carbocycles. The molecule has 0 amide bonds. The van der Waals surface area contributed by atoms with Gasteiger partial charge >= 0.3 is 0 Å². The first-order chi connectivity index (χ1) is 5.86. The summed E-state index contributed by atoms with van der Waals surface area (Å²) in [4.78, 5) is 15.3. The van der Waals surface area contributed by atoms with Gasteiger partial charge in [0.05, 0.1) is 6.34 Å². The van der Waals surface area contributed by atoms with E-state index in [1.165, 1.54) is 0 Å². The van der Waals surface area contributed by atoms with Gasteiger partial charge in [-0.15, -0.1) is 0 Å². The number of nitrogens with zero attached hydrogens (tertiary/aromatic N) is 2. The first kappa shape index (κ1) is 7.73. The van der Waals surface area contributed by atoms with E-state index in [0.29, 0.717) is 12.5 Å². The minimum absolute atomic E-state index is 0.249. The number of Topliss-reactive ketones (excluding diaryl/α,β-unsaturated/α-hetero) is 1. The summed E-state index contributed by atoms with van der Waals surface area (Å²) >= 11 is 0. The molecule has 0 radical (unpaired) electrons. The summed E-state index contributed by atoms with van der Waals surface area (Å²) in [5.41, 5.74) is 2.99. The van der Waals surface area contributed by atoms with E-state index in [0.717, 1.165) is 25.8 Å². The van der Waals surface area contributed by atoms with Gasteiger partial charge in [-0.1, -0.05) is 0 Å². The molecule has 0 aromatic rings. The molecule has 1 atom stereocenters. The summed E-state index contributed by atoms with van der Waals surface area (Å²) in [5, 5.41) is 1.98. The molecule has 4 heteroatoms. The molecule has 4 nitrogen and oxygen atoms in total. The average Bonchev–Trinajstić information content (AvgIpc) is 2.65. The summed E-state index contributed by atoms with van der Waals surface area (Å²) in [7, 11) is 0. The van der Waals surface area contributed by atoms with Crippen LogP contribution >= 0.6 is 0 Å². The van der Waals surface area contributed by atoms with Crippen molar-refractivity contribution in [1.29, 1.82) is 0 Å².